The van der Waals surface area contributed by atoms with Gasteiger partial charge in [-0.15, -0.1) is 0 Å². The third-order valence-corrected chi connectivity index (χ3v) is 2.73. The molecule has 0 radical (unpaired) electrons. The third kappa shape index (κ3) is 2.11. The van der Waals surface area contributed by atoms with Gasteiger partial charge in [0.2, 0.25) is 11.8 Å². The van der Waals surface area contributed by atoms with Gasteiger partial charge in [0.1, 0.15) is 11.6 Å². The second-order valence-electron chi connectivity index (χ2n) is 3.90. The number of hydrogen-bond acceptors (Lipinski definition) is 2. The summed E-state index contributed by atoms with van der Waals surface area (Å²) in [7, 11) is 0. The highest BCUT2D eigenvalue weighted by molar-refractivity contribution is 6.00. The normalized spacial score (nSPS) is 19.8. The van der Waals surface area contributed by atoms with Crippen molar-refractivity contribution < 1.29 is 18.4 Å². The van der Waals surface area contributed by atoms with Gasteiger partial charge in [0.15, 0.2) is 0 Å². The summed E-state index contributed by atoms with van der Waals surface area (Å²) >= 11 is 0. The van der Waals surface area contributed by atoms with E-state index in [4.69, 9.17) is 5.73 Å². The highest BCUT2D eigenvalue weighted by Crippen LogP contribution is 2.27. The van der Waals surface area contributed by atoms with Gasteiger partial charge in [0.05, 0.1) is 11.6 Å². The van der Waals surface area contributed by atoms with Gasteiger partial charge in [-0.3, -0.25) is 9.59 Å². The Bertz CT molecular complexity index is 490. The average molecular weight is 240 g/mol. The molecule has 1 aromatic carbocycles. The first-order valence-corrected chi connectivity index (χ1v) is 5.04. The van der Waals surface area contributed by atoms with Crippen LogP contribution >= 0.6 is 0 Å². The number of carbonyl (C=O) groups excluding carboxylic acids is 2. The molecule has 90 valence electrons. The number of primary amides is 1. The van der Waals surface area contributed by atoms with Crippen LogP contribution in [0.5, 0.6) is 0 Å². The van der Waals surface area contributed by atoms with E-state index in [0.717, 1.165) is 11.0 Å². The molecule has 0 aromatic heterocycles. The Morgan fingerprint density at radius 3 is 2.65 bits per heavy atom. The summed E-state index contributed by atoms with van der Waals surface area (Å²) in [6.07, 6.45) is -0.0356. The number of hydrogen-bond donors (Lipinski definition) is 1. The molecule has 1 aromatic rings. The quantitative estimate of drug-likeness (QED) is 0.831. The summed E-state index contributed by atoms with van der Waals surface area (Å²) < 4.78 is 26.2. The molecule has 0 unspecified atom stereocenters. The maximum atomic E-state index is 13.5. The number of halogens is 2. The van der Waals surface area contributed by atoms with Crippen molar-refractivity contribution in [3.8, 4) is 0 Å². The van der Waals surface area contributed by atoms with E-state index < -0.39 is 23.5 Å². The van der Waals surface area contributed by atoms with Crippen LogP contribution in [0.15, 0.2) is 18.2 Å². The minimum atomic E-state index is -0.830. The molecule has 0 spiro atoms. The highest BCUT2D eigenvalue weighted by Gasteiger charge is 2.35. The first-order valence-electron chi connectivity index (χ1n) is 5.04. The van der Waals surface area contributed by atoms with Gasteiger partial charge < -0.3 is 10.6 Å². The van der Waals surface area contributed by atoms with Crippen molar-refractivity contribution in [1.82, 2.24) is 0 Å². The van der Waals surface area contributed by atoms with E-state index >= 15 is 0 Å². The molecule has 6 heteroatoms. The molecule has 2 rings (SSSR count). The van der Waals surface area contributed by atoms with Gasteiger partial charge in [-0.1, -0.05) is 0 Å². The summed E-state index contributed by atoms with van der Waals surface area (Å²) in [4.78, 5) is 23.7. The van der Waals surface area contributed by atoms with Gasteiger partial charge in [-0.05, 0) is 12.1 Å². The zero-order chi connectivity index (χ0) is 12.6. The number of nitrogens with two attached hydrogens (primary N) is 1. The minimum absolute atomic E-state index is 0.0276. The van der Waals surface area contributed by atoms with Crippen molar-refractivity contribution in [2.24, 2.45) is 11.7 Å². The number of nitrogens with zero attached hydrogens (tertiary/aromatic N) is 1. The van der Waals surface area contributed by atoms with Crippen molar-refractivity contribution in [1.29, 1.82) is 0 Å². The SMILES string of the molecule is NC(=O)[C@H]1CC(=O)N(c2ccc(F)cc2F)C1. The molecule has 2 N–H and O–H groups in total. The molecule has 4 nitrogen and oxygen atoms in total. The van der Waals surface area contributed by atoms with Crippen molar-refractivity contribution >= 4 is 17.5 Å². The van der Waals surface area contributed by atoms with Crippen molar-refractivity contribution in [2.75, 3.05) is 11.4 Å². The second-order valence-corrected chi connectivity index (χ2v) is 3.90. The predicted molar refractivity (Wildman–Crippen MR) is 56.0 cm³/mol. The maximum Gasteiger partial charge on any atom is 0.227 e. The average Bonchev–Trinajstić information content (AvgIpc) is 2.61. The molecule has 2 amide bonds. The maximum absolute atomic E-state index is 13.5. The summed E-state index contributed by atoms with van der Waals surface area (Å²) in [5, 5.41) is 0. The lowest BCUT2D eigenvalue weighted by atomic mass is 10.1. The van der Waals surface area contributed by atoms with Gasteiger partial charge in [-0.2, -0.15) is 0 Å². The summed E-state index contributed by atoms with van der Waals surface area (Å²) in [6.45, 7) is 0.0384. The Hall–Kier alpha value is -1.98. The molecule has 0 bridgehead atoms. The van der Waals surface area contributed by atoms with Crippen molar-refractivity contribution in [2.45, 2.75) is 6.42 Å². The molecule has 17 heavy (non-hydrogen) atoms. The van der Waals surface area contributed by atoms with Crippen LogP contribution in [0.3, 0.4) is 0 Å². The molecule has 1 aliphatic heterocycles. The van der Waals surface area contributed by atoms with E-state index in [-0.39, 0.29) is 24.6 Å². The van der Waals surface area contributed by atoms with Crippen molar-refractivity contribution in [3.63, 3.8) is 0 Å². The molecule has 1 heterocycles. The summed E-state index contributed by atoms with van der Waals surface area (Å²) in [5.41, 5.74) is 5.06. The van der Waals surface area contributed by atoms with Crippen LogP contribution in [-0.2, 0) is 9.59 Å². The first kappa shape index (κ1) is 11.5. The summed E-state index contributed by atoms with van der Waals surface area (Å²) in [6, 6.07) is 2.93. The zero-order valence-corrected chi connectivity index (χ0v) is 8.82. The monoisotopic (exact) mass is 240 g/mol. The van der Waals surface area contributed by atoms with E-state index in [9.17, 15) is 18.4 Å². The third-order valence-electron chi connectivity index (χ3n) is 2.73. The van der Waals surface area contributed by atoms with Crippen LogP contribution in [0.2, 0.25) is 0 Å². The van der Waals surface area contributed by atoms with Crippen LogP contribution in [0.4, 0.5) is 14.5 Å². The zero-order valence-electron chi connectivity index (χ0n) is 8.82. The largest absolute Gasteiger partial charge is 0.369 e. The first-order chi connectivity index (χ1) is 7.99. The molecule has 1 aliphatic rings. The number of amides is 2. The lowest BCUT2D eigenvalue weighted by Crippen LogP contribution is -2.29. The van der Waals surface area contributed by atoms with Crippen LogP contribution in [0.1, 0.15) is 6.42 Å². The van der Waals surface area contributed by atoms with E-state index in [1.807, 2.05) is 0 Å². The fraction of sp³-hybridized carbons (Fsp3) is 0.273. The molecular weight excluding hydrogens is 230 g/mol. The van der Waals surface area contributed by atoms with Crippen LogP contribution < -0.4 is 10.6 Å². The van der Waals surface area contributed by atoms with Crippen LogP contribution in [0.25, 0.3) is 0 Å². The predicted octanol–water partition coefficient (Wildman–Crippen LogP) is 0.803. The molecular formula is C11H10F2N2O2. The van der Waals surface area contributed by atoms with Gasteiger partial charge >= 0.3 is 0 Å². The fourth-order valence-electron chi connectivity index (χ4n) is 1.83. The van der Waals surface area contributed by atoms with E-state index in [1.54, 1.807) is 0 Å². The number of rotatable bonds is 2. The van der Waals surface area contributed by atoms with Gasteiger partial charge in [0.25, 0.3) is 0 Å². The smallest absolute Gasteiger partial charge is 0.227 e. The Kier molecular flexibility index (Phi) is 2.79. The second kappa shape index (κ2) is 4.12. The Labute approximate surface area is 96.0 Å². The number of benzene rings is 1. The molecule has 0 aliphatic carbocycles. The van der Waals surface area contributed by atoms with Crippen LogP contribution in [0, 0.1) is 17.6 Å². The fourth-order valence-corrected chi connectivity index (χ4v) is 1.83. The molecule has 1 saturated heterocycles. The standard InChI is InChI=1S/C11H10F2N2O2/c12-7-1-2-9(8(13)4-7)15-5-6(11(14)17)3-10(15)16/h1-2,4,6H,3,5H2,(H2,14,17)/t6-/m0/s1. The Morgan fingerprint density at radius 1 is 1.41 bits per heavy atom. The van der Waals surface area contributed by atoms with Gasteiger partial charge in [0, 0.05) is 19.0 Å². The Balaban J connectivity index is 2.29. The molecule has 1 fully saturated rings. The summed E-state index contributed by atoms with van der Waals surface area (Å²) in [5.74, 6) is -3.15. The lowest BCUT2D eigenvalue weighted by molar-refractivity contribution is -0.123. The van der Waals surface area contributed by atoms with Crippen LogP contribution in [-0.4, -0.2) is 18.4 Å². The van der Waals surface area contributed by atoms with Crippen molar-refractivity contribution in [3.05, 3.63) is 29.8 Å². The molecule has 0 saturated carbocycles. The Morgan fingerprint density at radius 2 is 2.12 bits per heavy atom. The van der Waals surface area contributed by atoms with E-state index in [0.29, 0.717) is 6.07 Å². The highest BCUT2D eigenvalue weighted by atomic mass is 19.1. The minimum Gasteiger partial charge on any atom is -0.369 e. The van der Waals surface area contributed by atoms with Gasteiger partial charge in [-0.25, -0.2) is 8.78 Å². The van der Waals surface area contributed by atoms with E-state index in [2.05, 4.69) is 0 Å². The lowest BCUT2D eigenvalue weighted by Gasteiger charge is -2.16. The topological polar surface area (TPSA) is 63.4 Å². The number of carbonyl (C=O) groups is 2. The molecule has 1 atom stereocenters. The number of anilines is 1. The van der Waals surface area contributed by atoms with E-state index in [1.165, 1.54) is 6.07 Å².